The van der Waals surface area contributed by atoms with E-state index in [2.05, 4.69) is 0 Å². The average molecular weight is 296 g/mol. The van der Waals surface area contributed by atoms with Gasteiger partial charge < -0.3 is 10.2 Å². The van der Waals surface area contributed by atoms with Crippen LogP contribution in [0.15, 0.2) is 0 Å². The van der Waals surface area contributed by atoms with E-state index in [0.717, 1.165) is 0 Å². The Labute approximate surface area is 90.4 Å². The summed E-state index contributed by atoms with van der Waals surface area (Å²) >= 11 is 0. The van der Waals surface area contributed by atoms with Gasteiger partial charge in [-0.25, -0.2) is 13.3 Å². The van der Waals surface area contributed by atoms with Crippen LogP contribution in [0.5, 0.6) is 0 Å². The van der Waals surface area contributed by atoms with E-state index in [9.17, 15) is 30.3 Å². The fourth-order valence-electron chi connectivity index (χ4n) is 0.519. The predicted octanol–water partition coefficient (Wildman–Crippen LogP) is 1.95. The average Bonchev–Trinajstić information content (AvgIpc) is 1.94. The molecule has 0 saturated carbocycles. The lowest BCUT2D eigenvalue weighted by Crippen LogP contribution is -2.40. The molecular formula is C5H8F7O4P. The number of halogens is 7. The minimum absolute atomic E-state index is 1.40. The second-order valence-electron chi connectivity index (χ2n) is 2.69. The quantitative estimate of drug-likeness (QED) is 0.549. The van der Waals surface area contributed by atoms with Crippen LogP contribution in [0.1, 0.15) is 6.42 Å². The van der Waals surface area contributed by atoms with Crippen molar-refractivity contribution in [1.29, 1.82) is 0 Å². The van der Waals surface area contributed by atoms with Crippen LogP contribution in [0, 0.1) is 0 Å². The van der Waals surface area contributed by atoms with Crippen LogP contribution in [0.25, 0.3) is 0 Å². The zero-order valence-corrected chi connectivity index (χ0v) is 8.73. The Kier molecular flexibility index (Phi) is 7.28. The second kappa shape index (κ2) is 6.53. The van der Waals surface area contributed by atoms with Gasteiger partial charge in [0.15, 0.2) is 0 Å². The van der Waals surface area contributed by atoms with Gasteiger partial charge in [-0.3, -0.25) is 4.89 Å². The van der Waals surface area contributed by atoms with Crippen LogP contribution in [0.4, 0.5) is 30.3 Å². The molecule has 0 amide bonds. The van der Waals surface area contributed by atoms with Gasteiger partial charge in [0.1, 0.15) is 12.5 Å². The molecule has 106 valence electrons. The van der Waals surface area contributed by atoms with Crippen molar-refractivity contribution >= 4 is 7.99 Å². The molecule has 1 unspecified atom stereocenters. The van der Waals surface area contributed by atoms with E-state index >= 15 is 0 Å². The Morgan fingerprint density at radius 3 is 1.59 bits per heavy atom. The number of rotatable bonds is 3. The van der Waals surface area contributed by atoms with Gasteiger partial charge in [0.2, 0.25) is 0 Å². The molecule has 0 aliphatic heterocycles. The maximum absolute atomic E-state index is 12.2. The molecule has 12 heteroatoms. The molecule has 17 heavy (non-hydrogen) atoms. The lowest BCUT2D eigenvalue weighted by Gasteiger charge is -2.21. The third kappa shape index (κ3) is 15.6. The van der Waals surface area contributed by atoms with Crippen LogP contribution in [-0.4, -0.2) is 39.9 Å². The van der Waals surface area contributed by atoms with E-state index in [1.54, 1.807) is 0 Å². The smallest absolute Gasteiger partial charge is 0.393 e. The first-order valence-corrected chi connectivity index (χ1v) is 5.09. The van der Waals surface area contributed by atoms with Gasteiger partial charge in [0, 0.05) is 0 Å². The normalized spacial score (nSPS) is 14.9. The van der Waals surface area contributed by atoms with Crippen molar-refractivity contribution in [2.24, 2.45) is 0 Å². The number of alkyl halides is 5. The molecule has 0 spiro atoms. The van der Waals surface area contributed by atoms with Crippen molar-refractivity contribution < 1.29 is 50.0 Å². The van der Waals surface area contributed by atoms with Crippen molar-refractivity contribution in [3.05, 3.63) is 0 Å². The van der Waals surface area contributed by atoms with Gasteiger partial charge >= 0.3 is 14.2 Å². The molecule has 0 bridgehead atoms. The van der Waals surface area contributed by atoms with E-state index in [1.165, 1.54) is 0 Å². The Hall–Kier alpha value is -0.380. The van der Waals surface area contributed by atoms with E-state index in [-0.39, 0.29) is 0 Å². The molecule has 4 nitrogen and oxygen atoms in total. The van der Waals surface area contributed by atoms with E-state index in [4.69, 9.17) is 19.7 Å². The van der Waals surface area contributed by atoms with Gasteiger partial charge in [-0.05, 0) is 0 Å². The second-order valence-corrected chi connectivity index (χ2v) is 3.56. The fourth-order valence-corrected chi connectivity index (χ4v) is 0.519. The monoisotopic (exact) mass is 296 g/mol. The van der Waals surface area contributed by atoms with E-state index in [0.29, 0.717) is 0 Å². The molecule has 0 aliphatic carbocycles. The first kappa shape index (κ1) is 19.0. The summed E-state index contributed by atoms with van der Waals surface area (Å²) in [6, 6.07) is 0. The molecule has 0 aromatic rings. The summed E-state index contributed by atoms with van der Waals surface area (Å²) in [5.41, 5.74) is 0. The topological polar surface area (TPSA) is 77.8 Å². The zero-order valence-electron chi connectivity index (χ0n) is 7.83. The molecule has 3 N–H and O–H groups in total. The third-order valence-electron chi connectivity index (χ3n) is 1.10. The number of hydrogen-bond acceptors (Lipinski definition) is 3. The molecule has 0 aromatic heterocycles. The molecule has 0 radical (unpaired) electrons. The maximum Gasteiger partial charge on any atom is 0.549 e. The van der Waals surface area contributed by atoms with E-state index in [1.807, 2.05) is 0 Å². The Morgan fingerprint density at radius 1 is 1.12 bits per heavy atom. The summed E-state index contributed by atoms with van der Waals surface area (Å²) in [4.78, 5) is 6.74. The number of hydrogen-bond donors (Lipinski definition) is 3. The van der Waals surface area contributed by atoms with Crippen molar-refractivity contribution in [3.8, 4) is 0 Å². The highest BCUT2D eigenvalue weighted by atomic mass is 31.2. The van der Waals surface area contributed by atoms with Crippen LogP contribution in [0.2, 0.25) is 0 Å². The minimum Gasteiger partial charge on any atom is -0.393 e. The summed E-state index contributed by atoms with van der Waals surface area (Å²) in [6.07, 6.45) is -10.2. The van der Waals surface area contributed by atoms with Crippen LogP contribution < -0.4 is 0 Å². The lowest BCUT2D eigenvalue weighted by atomic mass is 10.1. The van der Waals surface area contributed by atoms with Gasteiger partial charge in [-0.15, -0.1) is 8.39 Å². The zero-order chi connectivity index (χ0) is 14.5. The standard InChI is InChI=1S/C5H7F5O2.F2HO2P/c6-4(7,3(12)1-11)2-5(8,9)10;1-5(2,3)4/h3,11-12H,1-2H2;(H,3,4). The predicted molar refractivity (Wildman–Crippen MR) is 40.8 cm³/mol. The Morgan fingerprint density at radius 2 is 1.41 bits per heavy atom. The number of aliphatic hydroxyl groups excluding tert-OH is 2. The SMILES string of the molecule is O=P(O)(F)F.OCC(O)C(F)(F)CC(F)(F)F. The first-order chi connectivity index (χ1) is 7.19. The minimum atomic E-state index is -5.64. The Bertz CT molecular complexity index is 253. The van der Waals surface area contributed by atoms with Crippen LogP contribution in [0.3, 0.4) is 0 Å². The Balaban J connectivity index is 0. The number of aliphatic hydroxyl groups is 2. The highest BCUT2D eigenvalue weighted by molar-refractivity contribution is 7.46. The lowest BCUT2D eigenvalue weighted by molar-refractivity contribution is -0.219. The maximum atomic E-state index is 12.2. The summed E-state index contributed by atoms with van der Waals surface area (Å²) < 4.78 is 87.2. The highest BCUT2D eigenvalue weighted by Gasteiger charge is 2.48. The molecule has 1 atom stereocenters. The van der Waals surface area contributed by atoms with Crippen molar-refractivity contribution in [2.75, 3.05) is 6.61 Å². The molecule has 0 aliphatic rings. The largest absolute Gasteiger partial charge is 0.549 e. The summed E-state index contributed by atoms with van der Waals surface area (Å²) in [6.45, 7) is -1.40. The molecule has 0 aromatic carbocycles. The van der Waals surface area contributed by atoms with Crippen LogP contribution >= 0.6 is 7.99 Å². The van der Waals surface area contributed by atoms with Crippen molar-refractivity contribution in [3.63, 3.8) is 0 Å². The van der Waals surface area contributed by atoms with Crippen LogP contribution in [-0.2, 0) is 4.57 Å². The fraction of sp³-hybridized carbons (Fsp3) is 1.00. The van der Waals surface area contributed by atoms with Gasteiger partial charge in [0.25, 0.3) is 5.92 Å². The third-order valence-corrected chi connectivity index (χ3v) is 1.10. The van der Waals surface area contributed by atoms with Gasteiger partial charge in [-0.2, -0.15) is 13.2 Å². The summed E-state index contributed by atoms with van der Waals surface area (Å²) in [5.74, 6) is -4.33. The summed E-state index contributed by atoms with van der Waals surface area (Å²) in [5, 5.41) is 16.2. The van der Waals surface area contributed by atoms with Gasteiger partial charge in [0.05, 0.1) is 6.61 Å². The van der Waals surface area contributed by atoms with Crippen molar-refractivity contribution in [1.82, 2.24) is 0 Å². The first-order valence-electron chi connectivity index (χ1n) is 3.64. The molecule has 0 heterocycles. The highest BCUT2D eigenvalue weighted by Crippen LogP contribution is 2.43. The summed E-state index contributed by atoms with van der Waals surface area (Å²) in [7, 11) is -5.64. The van der Waals surface area contributed by atoms with Gasteiger partial charge in [-0.1, -0.05) is 0 Å². The molecular weight excluding hydrogens is 288 g/mol. The molecule has 0 rings (SSSR count). The molecule has 0 fully saturated rings. The van der Waals surface area contributed by atoms with Crippen molar-refractivity contribution in [2.45, 2.75) is 24.6 Å². The van der Waals surface area contributed by atoms with E-state index < -0.39 is 39.2 Å². The molecule has 0 saturated heterocycles.